The molecule has 0 aliphatic heterocycles. The van der Waals surface area contributed by atoms with Gasteiger partial charge in [-0.15, -0.1) is 11.3 Å². The first-order valence-corrected chi connectivity index (χ1v) is 7.73. The summed E-state index contributed by atoms with van der Waals surface area (Å²) in [5.74, 6) is 0. The van der Waals surface area contributed by atoms with Crippen molar-refractivity contribution in [3.8, 4) is 0 Å². The van der Waals surface area contributed by atoms with Gasteiger partial charge in [-0.3, -0.25) is 0 Å². The van der Waals surface area contributed by atoms with Gasteiger partial charge in [0.25, 0.3) is 0 Å². The predicted octanol–water partition coefficient (Wildman–Crippen LogP) is 5.28. The van der Waals surface area contributed by atoms with Crippen LogP contribution in [0.1, 0.15) is 22.0 Å². The van der Waals surface area contributed by atoms with Crippen LogP contribution in [0, 0.1) is 6.92 Å². The molecule has 90 valence electrons. The summed E-state index contributed by atoms with van der Waals surface area (Å²) in [7, 11) is 0. The molecule has 5 heteroatoms. The molecule has 2 N–H and O–H groups in total. The molecule has 0 aliphatic carbocycles. The Balaban J connectivity index is 2.42. The van der Waals surface area contributed by atoms with Crippen molar-refractivity contribution in [2.45, 2.75) is 13.0 Å². The van der Waals surface area contributed by atoms with Crippen LogP contribution in [0.15, 0.2) is 32.5 Å². The molecule has 0 bridgehead atoms. The van der Waals surface area contributed by atoms with E-state index in [1.807, 2.05) is 12.1 Å². The fraction of sp³-hybridized carbons (Fsp3) is 0.167. The molecular formula is C12H10Br2ClNS. The molecule has 17 heavy (non-hydrogen) atoms. The summed E-state index contributed by atoms with van der Waals surface area (Å²) in [5.41, 5.74) is 8.54. The Morgan fingerprint density at radius 1 is 1.29 bits per heavy atom. The highest BCUT2D eigenvalue weighted by atomic mass is 79.9. The number of halogens is 3. The fourth-order valence-corrected chi connectivity index (χ4v) is 3.83. The highest BCUT2D eigenvalue weighted by molar-refractivity contribution is 9.11. The zero-order valence-corrected chi connectivity index (χ0v) is 13.8. The Kier molecular flexibility index (Phi) is 4.31. The van der Waals surface area contributed by atoms with Crippen LogP contribution in [0.5, 0.6) is 0 Å². The molecule has 1 atom stereocenters. The third kappa shape index (κ3) is 2.93. The lowest BCUT2D eigenvalue weighted by Gasteiger charge is -2.12. The maximum atomic E-state index is 6.27. The number of nitrogens with two attached hydrogens (primary N) is 1. The lowest BCUT2D eigenvalue weighted by atomic mass is 10.0. The number of rotatable bonds is 2. The van der Waals surface area contributed by atoms with Crippen molar-refractivity contribution in [3.63, 3.8) is 0 Å². The van der Waals surface area contributed by atoms with Crippen LogP contribution in [0.3, 0.4) is 0 Å². The van der Waals surface area contributed by atoms with Crippen LogP contribution >= 0.6 is 54.8 Å². The van der Waals surface area contributed by atoms with Gasteiger partial charge in [-0.2, -0.15) is 0 Å². The second-order valence-corrected chi connectivity index (χ2v) is 7.44. The Morgan fingerprint density at radius 2 is 2.00 bits per heavy atom. The number of aryl methyl sites for hydroxylation is 1. The number of hydrogen-bond acceptors (Lipinski definition) is 2. The molecule has 0 fully saturated rings. The van der Waals surface area contributed by atoms with E-state index in [0.717, 1.165) is 18.7 Å². The summed E-state index contributed by atoms with van der Waals surface area (Å²) >= 11 is 14.5. The van der Waals surface area contributed by atoms with Gasteiger partial charge in [0.1, 0.15) is 0 Å². The first-order valence-electron chi connectivity index (χ1n) is 4.95. The highest BCUT2D eigenvalue weighted by Gasteiger charge is 2.16. The van der Waals surface area contributed by atoms with E-state index in [1.54, 1.807) is 11.3 Å². The number of benzene rings is 1. The van der Waals surface area contributed by atoms with Gasteiger partial charge in [0.2, 0.25) is 0 Å². The van der Waals surface area contributed by atoms with Crippen LogP contribution in [-0.2, 0) is 0 Å². The summed E-state index contributed by atoms with van der Waals surface area (Å²) in [4.78, 5) is 1.05. The highest BCUT2D eigenvalue weighted by Crippen LogP contribution is 2.38. The maximum absolute atomic E-state index is 6.27. The van der Waals surface area contributed by atoms with Crippen molar-refractivity contribution in [1.29, 1.82) is 0 Å². The molecule has 0 aliphatic rings. The van der Waals surface area contributed by atoms with E-state index in [2.05, 4.69) is 50.9 Å². The molecule has 1 aromatic heterocycles. The zero-order chi connectivity index (χ0) is 12.6. The Hall–Kier alpha value is 0.130. The van der Waals surface area contributed by atoms with E-state index in [1.165, 1.54) is 5.56 Å². The smallest absolute Gasteiger partial charge is 0.0888 e. The second kappa shape index (κ2) is 5.41. The van der Waals surface area contributed by atoms with Gasteiger partial charge in [-0.25, -0.2) is 0 Å². The normalized spacial score (nSPS) is 12.8. The maximum Gasteiger partial charge on any atom is 0.0888 e. The van der Waals surface area contributed by atoms with Crippen molar-refractivity contribution in [2.24, 2.45) is 5.73 Å². The second-order valence-electron chi connectivity index (χ2n) is 3.77. The molecule has 1 heterocycles. The van der Waals surface area contributed by atoms with Gasteiger partial charge < -0.3 is 5.73 Å². The third-order valence-corrected chi connectivity index (χ3v) is 5.74. The van der Waals surface area contributed by atoms with E-state index in [-0.39, 0.29) is 6.04 Å². The van der Waals surface area contributed by atoms with Crippen molar-refractivity contribution >= 4 is 54.8 Å². The zero-order valence-electron chi connectivity index (χ0n) is 9.01. The summed E-state index contributed by atoms with van der Waals surface area (Å²) in [6.07, 6.45) is 0. The van der Waals surface area contributed by atoms with Crippen LogP contribution in [-0.4, -0.2) is 0 Å². The average Bonchev–Trinajstić information content (AvgIpc) is 2.62. The van der Waals surface area contributed by atoms with Gasteiger partial charge in [0.15, 0.2) is 0 Å². The van der Waals surface area contributed by atoms with E-state index in [0.29, 0.717) is 5.02 Å². The molecule has 0 spiro atoms. The fourth-order valence-electron chi connectivity index (χ4n) is 1.57. The lowest BCUT2D eigenvalue weighted by molar-refractivity contribution is 0.885. The number of thiophene rings is 1. The van der Waals surface area contributed by atoms with Crippen LogP contribution in [0.2, 0.25) is 5.02 Å². The Morgan fingerprint density at radius 3 is 2.59 bits per heavy atom. The molecule has 2 aromatic rings. The largest absolute Gasteiger partial charge is 0.320 e. The summed E-state index contributed by atoms with van der Waals surface area (Å²) in [6.45, 7) is 2.06. The van der Waals surface area contributed by atoms with E-state index in [4.69, 9.17) is 17.3 Å². The standard InChI is InChI=1S/C12H10Br2ClNS/c1-6-2-3-8(13)7(4-6)11(16)10-5-9(15)12(14)17-10/h2-5,11H,16H2,1H3. The third-order valence-electron chi connectivity index (χ3n) is 2.46. The van der Waals surface area contributed by atoms with Crippen molar-refractivity contribution < 1.29 is 0 Å². The van der Waals surface area contributed by atoms with E-state index in [9.17, 15) is 0 Å². The first-order chi connectivity index (χ1) is 7.99. The molecule has 1 nitrogen and oxygen atoms in total. The number of hydrogen-bond donors (Lipinski definition) is 1. The first kappa shape index (κ1) is 13.6. The van der Waals surface area contributed by atoms with Crippen LogP contribution in [0.4, 0.5) is 0 Å². The molecule has 0 amide bonds. The van der Waals surface area contributed by atoms with Crippen molar-refractivity contribution in [3.05, 3.63) is 53.6 Å². The summed E-state index contributed by atoms with van der Waals surface area (Å²) in [5, 5.41) is 0.712. The minimum Gasteiger partial charge on any atom is -0.320 e. The van der Waals surface area contributed by atoms with Gasteiger partial charge in [0.05, 0.1) is 14.9 Å². The molecular weight excluding hydrogens is 385 g/mol. The van der Waals surface area contributed by atoms with E-state index >= 15 is 0 Å². The molecule has 1 aromatic carbocycles. The lowest BCUT2D eigenvalue weighted by Crippen LogP contribution is -2.11. The van der Waals surface area contributed by atoms with Gasteiger partial charge in [-0.05, 0) is 40.5 Å². The van der Waals surface area contributed by atoms with Crippen molar-refractivity contribution in [1.82, 2.24) is 0 Å². The molecule has 1 unspecified atom stereocenters. The van der Waals surface area contributed by atoms with Gasteiger partial charge in [0, 0.05) is 9.35 Å². The Bertz CT molecular complexity index is 534. The monoisotopic (exact) mass is 393 g/mol. The quantitative estimate of drug-likeness (QED) is 0.735. The minimum absolute atomic E-state index is 0.155. The summed E-state index contributed by atoms with van der Waals surface area (Å²) < 4.78 is 1.95. The van der Waals surface area contributed by atoms with E-state index < -0.39 is 0 Å². The Labute approximate surface area is 126 Å². The molecule has 0 saturated carbocycles. The topological polar surface area (TPSA) is 26.0 Å². The molecule has 0 saturated heterocycles. The SMILES string of the molecule is Cc1ccc(Br)c(C(N)c2cc(Cl)c(Br)s2)c1. The predicted molar refractivity (Wildman–Crippen MR) is 81.9 cm³/mol. The molecule has 2 rings (SSSR count). The van der Waals surface area contributed by atoms with Gasteiger partial charge >= 0.3 is 0 Å². The van der Waals surface area contributed by atoms with Crippen molar-refractivity contribution in [2.75, 3.05) is 0 Å². The molecule has 0 radical (unpaired) electrons. The minimum atomic E-state index is -0.155. The summed E-state index contributed by atoms with van der Waals surface area (Å²) in [6, 6.07) is 7.93. The van der Waals surface area contributed by atoms with Crippen LogP contribution < -0.4 is 5.73 Å². The average molecular weight is 396 g/mol. The van der Waals surface area contributed by atoms with Crippen LogP contribution in [0.25, 0.3) is 0 Å². The van der Waals surface area contributed by atoms with Gasteiger partial charge in [-0.1, -0.05) is 45.2 Å².